The lowest BCUT2D eigenvalue weighted by molar-refractivity contribution is 0.0875. The van der Waals surface area contributed by atoms with Gasteiger partial charge in [0.2, 0.25) is 5.95 Å². The van der Waals surface area contributed by atoms with Crippen molar-refractivity contribution in [1.29, 1.82) is 0 Å². The standard InChI is InChI=1S/C16H22N4O3/c1-11-4-5-14(23-11)13(21)9-18-16-17-7-6-15(20-16)19-12-3-2-8-22-10-12/h4-7,12-13,21H,2-3,8-10H2,1H3,(H2,17,18,19,20)/t12-,13+/m0/s1. The van der Waals surface area contributed by atoms with Crippen molar-refractivity contribution in [2.45, 2.75) is 31.9 Å². The Labute approximate surface area is 135 Å². The Kier molecular flexibility index (Phi) is 5.09. The zero-order chi connectivity index (χ0) is 16.1. The van der Waals surface area contributed by atoms with Crippen LogP contribution in [0.4, 0.5) is 11.8 Å². The fourth-order valence-corrected chi connectivity index (χ4v) is 2.51. The molecule has 1 fully saturated rings. The van der Waals surface area contributed by atoms with E-state index in [2.05, 4.69) is 20.6 Å². The summed E-state index contributed by atoms with van der Waals surface area (Å²) < 4.78 is 10.9. The molecule has 1 aliphatic heterocycles. The van der Waals surface area contributed by atoms with Gasteiger partial charge < -0.3 is 24.9 Å². The number of hydrogen-bond donors (Lipinski definition) is 3. The predicted molar refractivity (Wildman–Crippen MR) is 86.4 cm³/mol. The lowest BCUT2D eigenvalue weighted by atomic mass is 10.1. The molecule has 0 radical (unpaired) electrons. The molecule has 7 heteroatoms. The van der Waals surface area contributed by atoms with E-state index in [0.717, 1.165) is 31.0 Å². The van der Waals surface area contributed by atoms with Crippen LogP contribution in [-0.4, -0.2) is 40.9 Å². The summed E-state index contributed by atoms with van der Waals surface area (Å²) in [5, 5.41) is 16.5. The first-order valence-electron chi connectivity index (χ1n) is 7.86. The molecule has 2 aromatic heterocycles. The number of aliphatic hydroxyl groups excluding tert-OH is 1. The van der Waals surface area contributed by atoms with Crippen molar-refractivity contribution < 1.29 is 14.3 Å². The number of anilines is 2. The maximum absolute atomic E-state index is 10.1. The third kappa shape index (κ3) is 4.43. The number of furan rings is 1. The Morgan fingerprint density at radius 3 is 3.04 bits per heavy atom. The molecule has 0 amide bonds. The van der Waals surface area contributed by atoms with E-state index in [1.165, 1.54) is 0 Å². The van der Waals surface area contributed by atoms with Gasteiger partial charge in [-0.2, -0.15) is 4.98 Å². The highest BCUT2D eigenvalue weighted by Crippen LogP contribution is 2.17. The van der Waals surface area contributed by atoms with E-state index in [1.54, 1.807) is 12.3 Å². The number of nitrogens with zero attached hydrogens (tertiary/aromatic N) is 2. The molecule has 0 aliphatic carbocycles. The highest BCUT2D eigenvalue weighted by Gasteiger charge is 2.15. The van der Waals surface area contributed by atoms with Crippen molar-refractivity contribution >= 4 is 11.8 Å². The van der Waals surface area contributed by atoms with Crippen LogP contribution in [0.3, 0.4) is 0 Å². The van der Waals surface area contributed by atoms with Crippen molar-refractivity contribution in [2.24, 2.45) is 0 Å². The van der Waals surface area contributed by atoms with Crippen LogP contribution in [0.5, 0.6) is 0 Å². The molecule has 2 atom stereocenters. The average Bonchev–Trinajstić information content (AvgIpc) is 3.01. The number of aryl methyl sites for hydroxylation is 1. The van der Waals surface area contributed by atoms with Crippen molar-refractivity contribution in [1.82, 2.24) is 9.97 Å². The molecule has 1 saturated heterocycles. The van der Waals surface area contributed by atoms with E-state index in [1.807, 2.05) is 19.1 Å². The fourth-order valence-electron chi connectivity index (χ4n) is 2.51. The van der Waals surface area contributed by atoms with Gasteiger partial charge in [-0.3, -0.25) is 0 Å². The molecular formula is C16H22N4O3. The monoisotopic (exact) mass is 318 g/mol. The normalized spacial score (nSPS) is 19.3. The van der Waals surface area contributed by atoms with Gasteiger partial charge in [0.1, 0.15) is 23.4 Å². The Hall–Kier alpha value is -2.12. The smallest absolute Gasteiger partial charge is 0.224 e. The summed E-state index contributed by atoms with van der Waals surface area (Å²) in [4.78, 5) is 8.58. The Bertz CT molecular complexity index is 625. The summed E-state index contributed by atoms with van der Waals surface area (Å²) in [7, 11) is 0. The Morgan fingerprint density at radius 1 is 1.39 bits per heavy atom. The zero-order valence-corrected chi connectivity index (χ0v) is 13.2. The van der Waals surface area contributed by atoms with E-state index in [9.17, 15) is 5.11 Å². The second-order valence-electron chi connectivity index (χ2n) is 5.67. The second kappa shape index (κ2) is 7.43. The Balaban J connectivity index is 1.54. The second-order valence-corrected chi connectivity index (χ2v) is 5.67. The van der Waals surface area contributed by atoms with Crippen LogP contribution in [0.1, 0.15) is 30.5 Å². The molecular weight excluding hydrogens is 296 g/mol. The summed E-state index contributed by atoms with van der Waals surface area (Å²) >= 11 is 0. The molecule has 0 bridgehead atoms. The van der Waals surface area contributed by atoms with Gasteiger partial charge in [-0.15, -0.1) is 0 Å². The molecule has 7 nitrogen and oxygen atoms in total. The SMILES string of the molecule is Cc1ccc([C@H](O)CNc2nccc(N[C@H]3CCCOC3)n2)o1. The van der Waals surface area contributed by atoms with Crippen LogP contribution in [0, 0.1) is 6.92 Å². The lowest BCUT2D eigenvalue weighted by Gasteiger charge is -2.23. The first-order chi connectivity index (χ1) is 11.2. The van der Waals surface area contributed by atoms with E-state index >= 15 is 0 Å². The van der Waals surface area contributed by atoms with Crippen molar-refractivity contribution in [3.63, 3.8) is 0 Å². The fraction of sp³-hybridized carbons (Fsp3) is 0.500. The van der Waals surface area contributed by atoms with Crippen molar-refractivity contribution in [2.75, 3.05) is 30.4 Å². The number of hydrogen-bond acceptors (Lipinski definition) is 7. The number of aromatic nitrogens is 2. The molecule has 0 saturated carbocycles. The van der Waals surface area contributed by atoms with Crippen LogP contribution in [0.15, 0.2) is 28.8 Å². The molecule has 0 spiro atoms. The van der Waals surface area contributed by atoms with Gasteiger partial charge in [-0.1, -0.05) is 0 Å². The maximum Gasteiger partial charge on any atom is 0.224 e. The number of nitrogens with one attached hydrogen (secondary N) is 2. The number of aliphatic hydroxyl groups is 1. The maximum atomic E-state index is 10.1. The minimum Gasteiger partial charge on any atom is -0.464 e. The van der Waals surface area contributed by atoms with E-state index in [4.69, 9.17) is 9.15 Å². The third-order valence-electron chi connectivity index (χ3n) is 3.71. The van der Waals surface area contributed by atoms with Gasteiger partial charge in [0.05, 0.1) is 19.2 Å². The average molecular weight is 318 g/mol. The number of ether oxygens (including phenoxy) is 1. The topological polar surface area (TPSA) is 92.4 Å². The van der Waals surface area contributed by atoms with Gasteiger partial charge in [0.25, 0.3) is 0 Å². The molecule has 0 aromatic carbocycles. The largest absolute Gasteiger partial charge is 0.464 e. The van der Waals surface area contributed by atoms with E-state index < -0.39 is 6.10 Å². The van der Waals surface area contributed by atoms with E-state index in [-0.39, 0.29) is 12.6 Å². The van der Waals surface area contributed by atoms with Crippen LogP contribution < -0.4 is 10.6 Å². The quantitative estimate of drug-likeness (QED) is 0.751. The van der Waals surface area contributed by atoms with Crippen molar-refractivity contribution in [3.05, 3.63) is 35.9 Å². The van der Waals surface area contributed by atoms with Crippen molar-refractivity contribution in [3.8, 4) is 0 Å². The van der Waals surface area contributed by atoms with Crippen LogP contribution in [0.25, 0.3) is 0 Å². The zero-order valence-electron chi connectivity index (χ0n) is 13.2. The summed E-state index contributed by atoms with van der Waals surface area (Å²) in [5.41, 5.74) is 0. The van der Waals surface area contributed by atoms with Gasteiger partial charge in [-0.05, 0) is 38.0 Å². The van der Waals surface area contributed by atoms with Crippen LogP contribution >= 0.6 is 0 Å². The highest BCUT2D eigenvalue weighted by atomic mass is 16.5. The van der Waals surface area contributed by atoms with Gasteiger partial charge in [0, 0.05) is 12.8 Å². The van der Waals surface area contributed by atoms with Crippen LogP contribution in [-0.2, 0) is 4.74 Å². The molecule has 3 heterocycles. The molecule has 1 aliphatic rings. The predicted octanol–water partition coefficient (Wildman–Crippen LogP) is 2.11. The molecule has 2 aromatic rings. The summed E-state index contributed by atoms with van der Waals surface area (Å²) in [6.07, 6.45) is 3.08. The molecule has 23 heavy (non-hydrogen) atoms. The minimum atomic E-state index is -0.740. The van der Waals surface area contributed by atoms with Gasteiger partial charge in [0.15, 0.2) is 0 Å². The number of rotatable bonds is 6. The minimum absolute atomic E-state index is 0.281. The molecule has 3 N–H and O–H groups in total. The first kappa shape index (κ1) is 15.8. The third-order valence-corrected chi connectivity index (χ3v) is 3.71. The summed E-state index contributed by atoms with van der Waals surface area (Å²) in [5.74, 6) is 2.52. The lowest BCUT2D eigenvalue weighted by Crippen LogP contribution is -2.30. The molecule has 0 unspecified atom stereocenters. The first-order valence-corrected chi connectivity index (χ1v) is 7.86. The van der Waals surface area contributed by atoms with E-state index in [0.29, 0.717) is 18.3 Å². The Morgan fingerprint density at radius 2 is 2.30 bits per heavy atom. The van der Waals surface area contributed by atoms with Crippen LogP contribution in [0.2, 0.25) is 0 Å². The van der Waals surface area contributed by atoms with Gasteiger partial charge in [-0.25, -0.2) is 4.98 Å². The summed E-state index contributed by atoms with van der Waals surface area (Å²) in [6.45, 7) is 3.65. The highest BCUT2D eigenvalue weighted by molar-refractivity contribution is 5.40. The summed E-state index contributed by atoms with van der Waals surface area (Å²) in [6, 6.07) is 5.70. The molecule has 3 rings (SSSR count). The molecule has 124 valence electrons. The van der Waals surface area contributed by atoms with Gasteiger partial charge >= 0.3 is 0 Å².